The second kappa shape index (κ2) is 5.03. The van der Waals surface area contributed by atoms with Gasteiger partial charge in [-0.05, 0) is 0 Å². The summed E-state index contributed by atoms with van der Waals surface area (Å²) in [6, 6.07) is 20.5. The van der Waals surface area contributed by atoms with E-state index in [1.54, 1.807) is 0 Å². The van der Waals surface area contributed by atoms with Gasteiger partial charge in [-0.25, -0.2) is 0 Å². The molecule has 0 radical (unpaired) electrons. The molecule has 2 nitrogen and oxygen atoms in total. The average Bonchev–Trinajstić information content (AvgIpc) is 3.13. The molecule has 0 aromatic heterocycles. The predicted molar refractivity (Wildman–Crippen MR) is 82.2 cm³/mol. The summed E-state index contributed by atoms with van der Waals surface area (Å²) in [5.41, 5.74) is 1.65. The van der Waals surface area contributed by atoms with E-state index in [0.717, 1.165) is 17.5 Å². The molecule has 2 aromatic rings. The van der Waals surface area contributed by atoms with Gasteiger partial charge < -0.3 is 0 Å². The predicted octanol–water partition coefficient (Wildman–Crippen LogP) is 3.83. The van der Waals surface area contributed by atoms with E-state index in [1.165, 1.54) is 0 Å². The first-order valence-electron chi connectivity index (χ1n) is 7.20. The van der Waals surface area contributed by atoms with E-state index in [-0.39, 0.29) is 10.7 Å². The van der Waals surface area contributed by atoms with Gasteiger partial charge in [0.25, 0.3) is 0 Å². The Morgan fingerprint density at radius 3 is 2.10 bits per heavy atom. The van der Waals surface area contributed by atoms with Gasteiger partial charge in [0.15, 0.2) is 0 Å². The van der Waals surface area contributed by atoms with Crippen molar-refractivity contribution >= 4 is 14.2 Å². The summed E-state index contributed by atoms with van der Waals surface area (Å²) >= 11 is -2.31. The Morgan fingerprint density at radius 2 is 1.52 bits per heavy atom. The van der Waals surface area contributed by atoms with E-state index >= 15 is 0 Å². The van der Waals surface area contributed by atoms with Gasteiger partial charge in [-0.1, -0.05) is 0 Å². The van der Waals surface area contributed by atoms with Crippen LogP contribution in [0.4, 0.5) is 0 Å². The zero-order valence-corrected chi connectivity index (χ0v) is 13.2. The van der Waals surface area contributed by atoms with Crippen LogP contribution in [0.15, 0.2) is 72.8 Å². The zero-order valence-electron chi connectivity index (χ0n) is 11.5. The minimum atomic E-state index is -2.31. The number of hydrogen-bond donors (Lipinski definition) is 0. The first kappa shape index (κ1) is 13.1. The molecule has 0 saturated carbocycles. The quantitative estimate of drug-likeness (QED) is 0.612. The third kappa shape index (κ3) is 1.89. The molecule has 1 fully saturated rings. The van der Waals surface area contributed by atoms with Crippen LogP contribution in [-0.2, 0) is 13.3 Å². The Morgan fingerprint density at radius 1 is 0.952 bits per heavy atom. The molecule has 3 unspecified atom stereocenters. The first-order chi connectivity index (χ1) is 10.3. The molecule has 2 aromatic carbocycles. The van der Waals surface area contributed by atoms with Gasteiger partial charge in [0, 0.05) is 0 Å². The van der Waals surface area contributed by atoms with Gasteiger partial charge in [0.2, 0.25) is 0 Å². The van der Waals surface area contributed by atoms with Crippen LogP contribution in [0.1, 0.15) is 17.5 Å². The molecule has 3 atom stereocenters. The summed E-state index contributed by atoms with van der Waals surface area (Å²) in [5.74, 6) is 0.241. The summed E-state index contributed by atoms with van der Waals surface area (Å²) < 4.78 is 18.8. The fourth-order valence-electron chi connectivity index (χ4n) is 3.53. The zero-order chi connectivity index (χ0) is 14.3. The van der Waals surface area contributed by atoms with Gasteiger partial charge in [0.1, 0.15) is 0 Å². The van der Waals surface area contributed by atoms with Crippen molar-refractivity contribution in [2.24, 2.45) is 5.92 Å². The topological polar surface area (TPSA) is 26.3 Å². The normalized spacial score (nSPS) is 29.4. The van der Waals surface area contributed by atoms with Crippen molar-refractivity contribution in [1.29, 1.82) is 0 Å². The number of rotatable bonds is 2. The molecular formula is C18H16O2Se. The van der Waals surface area contributed by atoms with Crippen LogP contribution in [0, 0.1) is 5.92 Å². The molecule has 2 aliphatic rings. The molecule has 1 saturated heterocycles. The Kier molecular flexibility index (Phi) is 3.15. The van der Waals surface area contributed by atoms with Crippen LogP contribution in [0.5, 0.6) is 0 Å². The number of hydrogen-bond acceptors (Lipinski definition) is 2. The molecule has 4 rings (SSSR count). The van der Waals surface area contributed by atoms with E-state index in [9.17, 15) is 3.83 Å². The molecule has 0 spiro atoms. The summed E-state index contributed by atoms with van der Waals surface area (Å²) in [7, 11) is 0. The van der Waals surface area contributed by atoms with Crippen molar-refractivity contribution < 1.29 is 7.65 Å². The molecule has 0 amide bonds. The molecule has 0 bridgehead atoms. The van der Waals surface area contributed by atoms with Gasteiger partial charge in [-0.3, -0.25) is 0 Å². The minimum absolute atomic E-state index is 0.0883. The fraction of sp³-hybridized carbons (Fsp3) is 0.222. The van der Waals surface area contributed by atoms with E-state index in [2.05, 4.69) is 36.4 Å². The number of fused-ring (bicyclic) bond motifs is 1. The SMILES string of the molecule is O=[Se]1OC(c2ccccc2)(c2ccccc2)C2CC=CC21. The third-order valence-electron chi connectivity index (χ3n) is 4.48. The Balaban J connectivity index is 1.95. The standard InChI is InChI=1S/C18H16O2Se/c19-21-17-13-7-12-16(17)18(20-21,14-8-3-1-4-9-14)15-10-5-2-6-11-15/h1-11,13,16-17H,12H2. The third-order valence-corrected chi connectivity index (χ3v) is 7.32. The molecule has 1 aliphatic carbocycles. The maximum atomic E-state index is 12.6. The van der Waals surface area contributed by atoms with Crippen molar-refractivity contribution in [2.75, 3.05) is 0 Å². The van der Waals surface area contributed by atoms with Crippen molar-refractivity contribution in [3.63, 3.8) is 0 Å². The van der Waals surface area contributed by atoms with E-state index < -0.39 is 19.8 Å². The second-order valence-electron chi connectivity index (χ2n) is 5.55. The van der Waals surface area contributed by atoms with Crippen molar-refractivity contribution in [2.45, 2.75) is 16.8 Å². The number of allylic oxidation sites excluding steroid dienone is 2. The maximum absolute atomic E-state index is 12.6. The molecule has 3 heteroatoms. The number of benzene rings is 2. The van der Waals surface area contributed by atoms with Crippen LogP contribution >= 0.6 is 0 Å². The van der Waals surface area contributed by atoms with Crippen LogP contribution in [0.2, 0.25) is 4.82 Å². The van der Waals surface area contributed by atoms with Crippen LogP contribution in [-0.4, -0.2) is 14.2 Å². The molecule has 106 valence electrons. The first-order valence-corrected chi connectivity index (χ1v) is 9.59. The fourth-order valence-corrected chi connectivity index (χ4v) is 6.67. The van der Waals surface area contributed by atoms with Gasteiger partial charge in [-0.15, -0.1) is 0 Å². The van der Waals surface area contributed by atoms with Crippen molar-refractivity contribution in [3.8, 4) is 0 Å². The second-order valence-corrected chi connectivity index (χ2v) is 8.13. The summed E-state index contributed by atoms with van der Waals surface area (Å²) in [6.07, 6.45) is 5.18. The van der Waals surface area contributed by atoms with E-state index in [4.69, 9.17) is 3.82 Å². The Labute approximate surface area is 128 Å². The molecule has 1 heterocycles. The summed E-state index contributed by atoms with van der Waals surface area (Å²) in [5, 5.41) is 0. The van der Waals surface area contributed by atoms with Crippen LogP contribution in [0.3, 0.4) is 0 Å². The Hall–Kier alpha value is -1.54. The average molecular weight is 343 g/mol. The molecule has 21 heavy (non-hydrogen) atoms. The molecular weight excluding hydrogens is 327 g/mol. The monoisotopic (exact) mass is 344 g/mol. The van der Waals surface area contributed by atoms with Crippen LogP contribution < -0.4 is 0 Å². The Bertz CT molecular complexity index is 654. The van der Waals surface area contributed by atoms with E-state index in [0.29, 0.717) is 0 Å². The van der Waals surface area contributed by atoms with Gasteiger partial charge >= 0.3 is 129 Å². The molecule has 1 aliphatic heterocycles. The summed E-state index contributed by atoms with van der Waals surface area (Å²) in [4.78, 5) is 0.0883. The summed E-state index contributed by atoms with van der Waals surface area (Å²) in [6.45, 7) is 0. The molecule has 0 N–H and O–H groups in total. The van der Waals surface area contributed by atoms with Gasteiger partial charge in [0.05, 0.1) is 0 Å². The van der Waals surface area contributed by atoms with E-state index in [1.807, 2.05) is 36.4 Å². The van der Waals surface area contributed by atoms with Gasteiger partial charge in [-0.2, -0.15) is 0 Å². The van der Waals surface area contributed by atoms with Crippen LogP contribution in [0.25, 0.3) is 0 Å². The van der Waals surface area contributed by atoms with Crippen molar-refractivity contribution in [1.82, 2.24) is 0 Å². The van der Waals surface area contributed by atoms with Crippen molar-refractivity contribution in [3.05, 3.63) is 83.9 Å².